The average Bonchev–Trinajstić information content (AvgIpc) is 2.70. The average molecular weight is 470 g/mol. The summed E-state index contributed by atoms with van der Waals surface area (Å²) in [5.41, 5.74) is 1.88. The Morgan fingerprint density at radius 2 is 1.66 bits per heavy atom. The van der Waals surface area contributed by atoms with Crippen molar-refractivity contribution in [3.63, 3.8) is 0 Å². The molecule has 0 aromatic heterocycles. The number of nitrogens with zero attached hydrogens (tertiary/aromatic N) is 1. The molecule has 0 saturated carbocycles. The molecule has 0 spiro atoms. The maximum atomic E-state index is 12.9. The zero-order chi connectivity index (χ0) is 21.0. The summed E-state index contributed by atoms with van der Waals surface area (Å²) in [6, 6.07) is 18.0. The molecule has 0 heterocycles. The van der Waals surface area contributed by atoms with Crippen molar-refractivity contribution in [2.45, 2.75) is 4.90 Å². The maximum absolute atomic E-state index is 12.9. The summed E-state index contributed by atoms with van der Waals surface area (Å²) in [7, 11) is -2.54. The molecule has 0 fully saturated rings. The van der Waals surface area contributed by atoms with Gasteiger partial charge in [-0.3, -0.25) is 4.72 Å². The highest BCUT2D eigenvalue weighted by Crippen LogP contribution is 2.29. The van der Waals surface area contributed by atoms with Crippen molar-refractivity contribution in [1.29, 1.82) is 0 Å². The molecule has 0 saturated heterocycles. The first kappa shape index (κ1) is 21.5. The molecular weight excluding hydrogens is 455 g/mol. The first-order valence-corrected chi connectivity index (χ1v) is 10.9. The van der Waals surface area contributed by atoms with E-state index in [0.29, 0.717) is 16.3 Å². The third-order valence-corrected chi connectivity index (χ3v) is 6.25. The van der Waals surface area contributed by atoms with Gasteiger partial charge in [0.2, 0.25) is 0 Å². The van der Waals surface area contributed by atoms with Gasteiger partial charge in [0, 0.05) is 16.1 Å². The van der Waals surface area contributed by atoms with Crippen molar-refractivity contribution < 1.29 is 13.3 Å². The molecular formula is C20H15Cl3N2O3S. The molecule has 5 nitrogen and oxygen atoms in total. The van der Waals surface area contributed by atoms with E-state index in [4.69, 9.17) is 39.6 Å². The molecule has 3 aromatic carbocycles. The van der Waals surface area contributed by atoms with Crippen molar-refractivity contribution in [2.24, 2.45) is 5.16 Å². The fourth-order valence-electron chi connectivity index (χ4n) is 2.59. The fraction of sp³-hybridized carbons (Fsp3) is 0.0500. The zero-order valence-corrected chi connectivity index (χ0v) is 18.1. The van der Waals surface area contributed by atoms with E-state index in [1.165, 1.54) is 25.3 Å². The molecule has 0 bridgehead atoms. The smallest absolute Gasteiger partial charge is 0.261 e. The molecule has 0 unspecified atom stereocenters. The third-order valence-electron chi connectivity index (χ3n) is 3.91. The van der Waals surface area contributed by atoms with Crippen LogP contribution in [0.2, 0.25) is 15.1 Å². The van der Waals surface area contributed by atoms with Crippen molar-refractivity contribution >= 4 is 56.2 Å². The maximum Gasteiger partial charge on any atom is 0.261 e. The molecule has 0 aliphatic rings. The quantitative estimate of drug-likeness (QED) is 0.364. The number of hydrogen-bond acceptors (Lipinski definition) is 4. The van der Waals surface area contributed by atoms with Gasteiger partial charge in [0.1, 0.15) is 12.8 Å². The summed E-state index contributed by atoms with van der Waals surface area (Å²) in [6.07, 6.45) is 0. The van der Waals surface area contributed by atoms with Crippen LogP contribution in [0.4, 0.5) is 5.69 Å². The fourth-order valence-corrected chi connectivity index (χ4v) is 4.23. The summed E-state index contributed by atoms with van der Waals surface area (Å²) in [5, 5.41) is 4.89. The van der Waals surface area contributed by atoms with E-state index in [-0.39, 0.29) is 20.6 Å². The highest BCUT2D eigenvalue weighted by Gasteiger charge is 2.20. The van der Waals surface area contributed by atoms with Crippen LogP contribution in [0, 0.1) is 0 Å². The second kappa shape index (κ2) is 9.05. The minimum atomic E-state index is -3.95. The van der Waals surface area contributed by atoms with Crippen LogP contribution in [0.15, 0.2) is 76.8 Å². The number of hydrogen-bond donors (Lipinski definition) is 1. The SMILES string of the molecule is CON=C(c1ccccc1)c1cc(Cl)ccc1NS(=O)(=O)c1ccc(Cl)c(Cl)c1. The van der Waals surface area contributed by atoms with Gasteiger partial charge in [-0.15, -0.1) is 0 Å². The van der Waals surface area contributed by atoms with Crippen LogP contribution in [-0.2, 0) is 14.9 Å². The van der Waals surface area contributed by atoms with Crippen molar-refractivity contribution in [2.75, 3.05) is 11.8 Å². The number of halogens is 3. The van der Waals surface area contributed by atoms with Crippen LogP contribution in [0.25, 0.3) is 0 Å². The lowest BCUT2D eigenvalue weighted by molar-refractivity contribution is 0.214. The Balaban J connectivity index is 2.09. The molecule has 3 aromatic rings. The number of anilines is 1. The minimum Gasteiger partial charge on any atom is -0.399 e. The van der Waals surface area contributed by atoms with Crippen LogP contribution in [-0.4, -0.2) is 21.2 Å². The Hall–Kier alpha value is -2.25. The van der Waals surface area contributed by atoms with Crippen LogP contribution in [0.5, 0.6) is 0 Å². The molecule has 9 heteroatoms. The molecule has 0 aliphatic carbocycles. The van der Waals surface area contributed by atoms with E-state index < -0.39 is 10.0 Å². The standard InChI is InChI=1S/C20H15Cl3N2O3S/c1-28-24-20(13-5-3-2-4-6-13)16-11-14(21)7-10-19(16)25-29(26,27)15-8-9-17(22)18(23)12-15/h2-12,25H,1H3. The first-order chi connectivity index (χ1) is 13.8. The van der Waals surface area contributed by atoms with E-state index in [9.17, 15) is 8.42 Å². The lowest BCUT2D eigenvalue weighted by Gasteiger charge is -2.15. The summed E-state index contributed by atoms with van der Waals surface area (Å²) < 4.78 is 28.4. The minimum absolute atomic E-state index is 0.0299. The molecule has 0 aliphatic heterocycles. The molecule has 1 N–H and O–H groups in total. The number of benzene rings is 3. The van der Waals surface area contributed by atoms with E-state index >= 15 is 0 Å². The van der Waals surface area contributed by atoms with E-state index in [1.54, 1.807) is 18.2 Å². The summed E-state index contributed by atoms with van der Waals surface area (Å²) in [5.74, 6) is 0. The Morgan fingerprint density at radius 3 is 2.31 bits per heavy atom. The third kappa shape index (κ3) is 5.03. The highest BCUT2D eigenvalue weighted by molar-refractivity contribution is 7.92. The Bertz CT molecular complexity index is 1170. The Kier molecular flexibility index (Phi) is 6.70. The van der Waals surface area contributed by atoms with Gasteiger partial charge >= 0.3 is 0 Å². The number of nitrogens with one attached hydrogen (secondary N) is 1. The molecule has 29 heavy (non-hydrogen) atoms. The normalized spacial score (nSPS) is 11.9. The van der Waals surface area contributed by atoms with E-state index in [2.05, 4.69) is 9.88 Å². The molecule has 0 radical (unpaired) electrons. The van der Waals surface area contributed by atoms with E-state index in [0.717, 1.165) is 5.56 Å². The van der Waals surface area contributed by atoms with Crippen LogP contribution in [0.1, 0.15) is 11.1 Å². The second-order valence-corrected chi connectivity index (χ2v) is 8.79. The van der Waals surface area contributed by atoms with Gasteiger partial charge in [-0.25, -0.2) is 8.42 Å². The summed E-state index contributed by atoms with van der Waals surface area (Å²) >= 11 is 18.0. The predicted octanol–water partition coefficient (Wildman–Crippen LogP) is 5.85. The van der Waals surface area contributed by atoms with Crippen LogP contribution in [0.3, 0.4) is 0 Å². The Labute approximate surface area is 183 Å². The topological polar surface area (TPSA) is 67.8 Å². The van der Waals surface area contributed by atoms with Gasteiger partial charge in [-0.1, -0.05) is 70.3 Å². The monoisotopic (exact) mass is 468 g/mol. The molecule has 0 atom stereocenters. The highest BCUT2D eigenvalue weighted by atomic mass is 35.5. The van der Waals surface area contributed by atoms with Gasteiger partial charge in [0.05, 0.1) is 20.6 Å². The number of oxime groups is 1. The van der Waals surface area contributed by atoms with Gasteiger partial charge in [0.15, 0.2) is 0 Å². The number of rotatable bonds is 6. The summed E-state index contributed by atoms with van der Waals surface area (Å²) in [6.45, 7) is 0. The van der Waals surface area contributed by atoms with Crippen LogP contribution >= 0.6 is 34.8 Å². The zero-order valence-electron chi connectivity index (χ0n) is 15.1. The van der Waals surface area contributed by atoms with E-state index in [1.807, 2.05) is 30.3 Å². The van der Waals surface area contributed by atoms with Crippen molar-refractivity contribution in [1.82, 2.24) is 0 Å². The van der Waals surface area contributed by atoms with Gasteiger partial charge in [-0.2, -0.15) is 0 Å². The largest absolute Gasteiger partial charge is 0.399 e. The van der Waals surface area contributed by atoms with Gasteiger partial charge in [-0.05, 0) is 36.4 Å². The predicted molar refractivity (Wildman–Crippen MR) is 118 cm³/mol. The van der Waals surface area contributed by atoms with Gasteiger partial charge < -0.3 is 4.84 Å². The summed E-state index contributed by atoms with van der Waals surface area (Å²) in [4.78, 5) is 4.96. The molecule has 150 valence electrons. The lowest BCUT2D eigenvalue weighted by atomic mass is 10.0. The number of sulfonamides is 1. The van der Waals surface area contributed by atoms with Crippen molar-refractivity contribution in [3.8, 4) is 0 Å². The van der Waals surface area contributed by atoms with Gasteiger partial charge in [0.25, 0.3) is 10.0 Å². The second-order valence-electron chi connectivity index (χ2n) is 5.86. The molecule has 3 rings (SSSR count). The van der Waals surface area contributed by atoms with Crippen molar-refractivity contribution in [3.05, 3.63) is 92.9 Å². The first-order valence-electron chi connectivity index (χ1n) is 8.26. The Morgan fingerprint density at radius 1 is 0.931 bits per heavy atom. The van der Waals surface area contributed by atoms with Crippen LogP contribution < -0.4 is 4.72 Å². The molecule has 0 amide bonds. The lowest BCUT2D eigenvalue weighted by Crippen LogP contribution is -2.16.